The number of nitrogens with zero attached hydrogens (tertiary/aromatic N) is 3. The largest absolute Gasteiger partial charge is 0.379 e. The molecule has 2 aromatic rings. The van der Waals surface area contributed by atoms with Gasteiger partial charge in [-0.25, -0.2) is 13.4 Å². The number of benzene rings is 1. The zero-order valence-electron chi connectivity index (χ0n) is 15.8. The van der Waals surface area contributed by atoms with Gasteiger partial charge in [0.2, 0.25) is 0 Å². The van der Waals surface area contributed by atoms with Crippen molar-refractivity contribution < 1.29 is 17.9 Å². The van der Waals surface area contributed by atoms with E-state index in [1.807, 2.05) is 5.38 Å². The van der Waals surface area contributed by atoms with Gasteiger partial charge in [0.1, 0.15) is 11.9 Å². The van der Waals surface area contributed by atoms with Gasteiger partial charge in [0, 0.05) is 30.6 Å². The summed E-state index contributed by atoms with van der Waals surface area (Å²) in [7, 11) is -3.63. The van der Waals surface area contributed by atoms with E-state index in [-0.39, 0.29) is 16.6 Å². The minimum atomic E-state index is -3.63. The minimum Gasteiger partial charge on any atom is -0.379 e. The number of aromatic nitrogens is 1. The van der Waals surface area contributed by atoms with Crippen LogP contribution < -0.4 is 10.0 Å². The lowest BCUT2D eigenvalue weighted by atomic mass is 10.2. The van der Waals surface area contributed by atoms with Crippen LogP contribution in [0.1, 0.15) is 18.2 Å². The van der Waals surface area contributed by atoms with Crippen molar-refractivity contribution in [1.29, 1.82) is 0 Å². The summed E-state index contributed by atoms with van der Waals surface area (Å²) in [4.78, 5) is 23.7. The molecule has 11 heteroatoms. The topological polar surface area (TPSA) is 113 Å². The third-order valence-electron chi connectivity index (χ3n) is 4.64. The zero-order valence-corrected chi connectivity index (χ0v) is 17.4. The first kappa shape index (κ1) is 20.0. The maximum Gasteiger partial charge on any atom is 0.263 e. The van der Waals surface area contributed by atoms with Crippen LogP contribution in [0.3, 0.4) is 0 Å². The van der Waals surface area contributed by atoms with Crippen LogP contribution in [-0.4, -0.2) is 62.4 Å². The zero-order chi connectivity index (χ0) is 20.4. The lowest BCUT2D eigenvalue weighted by Gasteiger charge is -2.25. The SMILES string of the molecule is C[C@H](N=C1NS(=O)(=O)c2ccccc21)C(=O)Nc1nc(CN2CCOCC2)cs1. The summed E-state index contributed by atoms with van der Waals surface area (Å²) >= 11 is 1.35. The number of hydrogen-bond acceptors (Lipinski definition) is 8. The van der Waals surface area contributed by atoms with Crippen LogP contribution in [0.5, 0.6) is 0 Å². The van der Waals surface area contributed by atoms with Gasteiger partial charge in [-0.05, 0) is 19.1 Å². The fourth-order valence-corrected chi connectivity index (χ4v) is 5.06. The number of fused-ring (bicyclic) bond motifs is 1. The molecule has 3 heterocycles. The number of carbonyl (C=O) groups is 1. The first-order valence-corrected chi connectivity index (χ1v) is 11.5. The molecule has 2 N–H and O–H groups in total. The lowest BCUT2D eigenvalue weighted by molar-refractivity contribution is -0.117. The van der Waals surface area contributed by atoms with Crippen LogP contribution in [0.2, 0.25) is 0 Å². The molecule has 0 radical (unpaired) electrons. The number of amidine groups is 1. The summed E-state index contributed by atoms with van der Waals surface area (Å²) in [5.41, 5.74) is 1.36. The van der Waals surface area contributed by atoms with E-state index in [1.54, 1.807) is 25.1 Å². The van der Waals surface area contributed by atoms with E-state index in [0.29, 0.717) is 17.2 Å². The van der Waals surface area contributed by atoms with Crippen molar-refractivity contribution in [2.24, 2.45) is 4.99 Å². The van der Waals surface area contributed by atoms with Gasteiger partial charge < -0.3 is 10.1 Å². The highest BCUT2D eigenvalue weighted by molar-refractivity contribution is 7.90. The second kappa shape index (κ2) is 8.19. The molecule has 4 rings (SSSR count). The van der Waals surface area contributed by atoms with Crippen molar-refractivity contribution in [3.8, 4) is 0 Å². The maximum atomic E-state index is 12.5. The van der Waals surface area contributed by atoms with Gasteiger partial charge in [-0.15, -0.1) is 11.3 Å². The summed E-state index contributed by atoms with van der Waals surface area (Å²) in [6, 6.07) is 5.76. The molecule has 0 bridgehead atoms. The highest BCUT2D eigenvalue weighted by atomic mass is 32.2. The van der Waals surface area contributed by atoms with Crippen molar-refractivity contribution in [2.75, 3.05) is 31.6 Å². The number of aliphatic imine (C=N–C) groups is 1. The van der Waals surface area contributed by atoms with Crippen molar-refractivity contribution in [3.05, 3.63) is 40.9 Å². The number of nitrogens with one attached hydrogen (secondary N) is 2. The van der Waals surface area contributed by atoms with E-state index in [9.17, 15) is 13.2 Å². The Kier molecular flexibility index (Phi) is 5.63. The molecule has 0 spiro atoms. The molecule has 0 unspecified atom stereocenters. The Morgan fingerprint density at radius 2 is 2.14 bits per heavy atom. The molecule has 1 fully saturated rings. The van der Waals surface area contributed by atoms with Gasteiger partial charge in [-0.2, -0.15) is 0 Å². The molecule has 1 amide bonds. The third kappa shape index (κ3) is 4.47. The smallest absolute Gasteiger partial charge is 0.263 e. The summed E-state index contributed by atoms with van der Waals surface area (Å²) < 4.78 is 32.1. The monoisotopic (exact) mass is 435 g/mol. The first-order chi connectivity index (χ1) is 13.9. The van der Waals surface area contributed by atoms with E-state index in [0.717, 1.165) is 32.0 Å². The van der Waals surface area contributed by atoms with Gasteiger partial charge in [-0.1, -0.05) is 12.1 Å². The number of amides is 1. The summed E-state index contributed by atoms with van der Waals surface area (Å²) in [6.45, 7) is 5.50. The molecule has 1 atom stereocenters. The van der Waals surface area contributed by atoms with Crippen LogP contribution >= 0.6 is 11.3 Å². The molecule has 1 aromatic carbocycles. The van der Waals surface area contributed by atoms with Crippen molar-refractivity contribution in [3.63, 3.8) is 0 Å². The number of thiazole rings is 1. The maximum absolute atomic E-state index is 12.5. The molecule has 9 nitrogen and oxygen atoms in total. The second-order valence-corrected chi connectivity index (χ2v) is 9.29. The van der Waals surface area contributed by atoms with E-state index >= 15 is 0 Å². The molecule has 154 valence electrons. The highest BCUT2D eigenvalue weighted by Crippen LogP contribution is 2.23. The van der Waals surface area contributed by atoms with Gasteiger partial charge in [0.25, 0.3) is 15.9 Å². The van der Waals surface area contributed by atoms with Crippen molar-refractivity contribution in [1.82, 2.24) is 14.6 Å². The van der Waals surface area contributed by atoms with E-state index in [4.69, 9.17) is 4.74 Å². The van der Waals surface area contributed by atoms with E-state index < -0.39 is 16.1 Å². The number of ether oxygens (including phenoxy) is 1. The number of morpholine rings is 1. The second-order valence-electron chi connectivity index (χ2n) is 6.78. The lowest BCUT2D eigenvalue weighted by Crippen LogP contribution is -2.35. The van der Waals surface area contributed by atoms with Gasteiger partial charge in [-0.3, -0.25) is 19.4 Å². The molecule has 29 heavy (non-hydrogen) atoms. The molecule has 2 aliphatic heterocycles. The Bertz CT molecular complexity index is 1040. The molecule has 2 aliphatic rings. The number of hydrogen-bond donors (Lipinski definition) is 2. The summed E-state index contributed by atoms with van der Waals surface area (Å²) in [5, 5.41) is 5.18. The molecule has 1 saturated heterocycles. The summed E-state index contributed by atoms with van der Waals surface area (Å²) in [5.74, 6) is -0.177. The Hall–Kier alpha value is -2.34. The number of carbonyl (C=O) groups excluding carboxylic acids is 1. The molecule has 0 aliphatic carbocycles. The number of sulfonamides is 1. The highest BCUT2D eigenvalue weighted by Gasteiger charge is 2.31. The van der Waals surface area contributed by atoms with Gasteiger partial charge >= 0.3 is 0 Å². The number of rotatable bonds is 5. The fourth-order valence-electron chi connectivity index (χ4n) is 3.12. The Morgan fingerprint density at radius 1 is 1.38 bits per heavy atom. The van der Waals surface area contributed by atoms with Gasteiger partial charge in [0.05, 0.1) is 23.8 Å². The van der Waals surface area contributed by atoms with Crippen LogP contribution in [-0.2, 0) is 26.1 Å². The van der Waals surface area contributed by atoms with Crippen molar-refractivity contribution >= 4 is 38.2 Å². The average molecular weight is 436 g/mol. The number of anilines is 1. The fraction of sp³-hybridized carbons (Fsp3) is 0.389. The average Bonchev–Trinajstić information content (AvgIpc) is 3.24. The molecule has 0 saturated carbocycles. The van der Waals surface area contributed by atoms with E-state index in [2.05, 4.69) is 24.9 Å². The van der Waals surface area contributed by atoms with E-state index in [1.165, 1.54) is 17.4 Å². The molecular formula is C18H21N5O4S2. The Balaban J connectivity index is 1.41. The van der Waals surface area contributed by atoms with Crippen molar-refractivity contribution in [2.45, 2.75) is 24.4 Å². The van der Waals surface area contributed by atoms with Gasteiger partial charge in [0.15, 0.2) is 5.13 Å². The Labute approximate surface area is 172 Å². The molecule has 1 aromatic heterocycles. The molecular weight excluding hydrogens is 414 g/mol. The summed E-state index contributed by atoms with van der Waals surface area (Å²) in [6.07, 6.45) is 0. The van der Waals surface area contributed by atoms with Crippen LogP contribution in [0, 0.1) is 0 Å². The Morgan fingerprint density at radius 3 is 2.93 bits per heavy atom. The van der Waals surface area contributed by atoms with Crippen LogP contribution in [0.15, 0.2) is 39.5 Å². The minimum absolute atomic E-state index is 0.166. The predicted octanol–water partition coefficient (Wildman–Crippen LogP) is 1.04. The quantitative estimate of drug-likeness (QED) is 0.726. The predicted molar refractivity (Wildman–Crippen MR) is 110 cm³/mol. The normalized spacial score (nSPS) is 20.8. The van der Waals surface area contributed by atoms with Crippen LogP contribution in [0.25, 0.3) is 0 Å². The standard InChI is InChI=1S/C18H21N5O4S2/c1-12(19-16-14-4-2-3-5-15(14)29(25,26)22-16)17(24)21-18-20-13(11-28-18)10-23-6-8-27-9-7-23/h2-5,11-12H,6-10H2,1H3,(H,19,22)(H,20,21,24)/t12-/m0/s1. The van der Waals surface area contributed by atoms with Crippen LogP contribution in [0.4, 0.5) is 5.13 Å². The third-order valence-corrected chi connectivity index (χ3v) is 6.84. The first-order valence-electron chi connectivity index (χ1n) is 9.18.